The minimum Gasteiger partial charge on any atom is -0.326 e. The first-order chi connectivity index (χ1) is 8.76. The molecule has 0 unspecified atom stereocenters. The van der Waals surface area contributed by atoms with Gasteiger partial charge >= 0.3 is 13.6 Å². The number of hydrogen-bond donors (Lipinski definition) is 4. The van der Waals surface area contributed by atoms with Crippen molar-refractivity contribution in [3.05, 3.63) is 29.8 Å². The molecule has 106 valence electrons. The molecule has 19 heavy (non-hydrogen) atoms. The van der Waals surface area contributed by atoms with E-state index in [-0.39, 0.29) is 0 Å². The van der Waals surface area contributed by atoms with Crippen molar-refractivity contribution in [1.82, 2.24) is 5.32 Å². The van der Waals surface area contributed by atoms with Crippen molar-refractivity contribution in [3.8, 4) is 0 Å². The molecule has 0 radical (unpaired) electrons. The van der Waals surface area contributed by atoms with Crippen molar-refractivity contribution in [3.63, 3.8) is 0 Å². The van der Waals surface area contributed by atoms with E-state index in [0.717, 1.165) is 12.0 Å². The van der Waals surface area contributed by atoms with Crippen LogP contribution in [0.1, 0.15) is 19.4 Å². The maximum Gasteiger partial charge on any atom is 0.344 e. The van der Waals surface area contributed by atoms with Crippen LogP contribution in [0.5, 0.6) is 0 Å². The molecule has 0 aromatic heterocycles. The minimum atomic E-state index is -4.22. The molecular weight excluding hydrogens is 267 g/mol. The first kappa shape index (κ1) is 15.7. The van der Waals surface area contributed by atoms with Gasteiger partial charge in [-0.1, -0.05) is 26.0 Å². The van der Waals surface area contributed by atoms with Gasteiger partial charge in [-0.25, -0.2) is 4.79 Å². The summed E-state index contributed by atoms with van der Waals surface area (Å²) >= 11 is 0. The van der Waals surface area contributed by atoms with E-state index < -0.39 is 19.9 Å². The van der Waals surface area contributed by atoms with Crippen molar-refractivity contribution < 1.29 is 19.1 Å². The predicted molar refractivity (Wildman–Crippen MR) is 74.0 cm³/mol. The van der Waals surface area contributed by atoms with Crippen molar-refractivity contribution in [2.45, 2.75) is 20.3 Å². The molecule has 1 rings (SSSR count). The quantitative estimate of drug-likeness (QED) is 0.623. The Morgan fingerprint density at radius 3 is 2.63 bits per heavy atom. The largest absolute Gasteiger partial charge is 0.344 e. The number of carbonyl (C=O) groups excluding carboxylic acids is 1. The first-order valence-electron chi connectivity index (χ1n) is 5.94. The lowest BCUT2D eigenvalue weighted by Crippen LogP contribution is -2.29. The number of nitrogens with one attached hydrogen (secondary N) is 2. The SMILES string of the molecule is CC(C)Cc1cccc(NC(=O)NCP(=O)(O)O)c1. The van der Waals surface area contributed by atoms with Gasteiger partial charge in [0, 0.05) is 5.69 Å². The van der Waals surface area contributed by atoms with E-state index in [0.29, 0.717) is 11.6 Å². The van der Waals surface area contributed by atoms with Crippen LogP contribution in [0.2, 0.25) is 0 Å². The number of amides is 2. The smallest absolute Gasteiger partial charge is 0.326 e. The van der Waals surface area contributed by atoms with Gasteiger partial charge in [0.1, 0.15) is 6.29 Å². The maximum absolute atomic E-state index is 11.4. The van der Waals surface area contributed by atoms with Gasteiger partial charge < -0.3 is 20.4 Å². The van der Waals surface area contributed by atoms with E-state index in [1.807, 2.05) is 18.2 Å². The lowest BCUT2D eigenvalue weighted by atomic mass is 10.0. The zero-order valence-electron chi connectivity index (χ0n) is 11.0. The Labute approximate surface area is 112 Å². The molecule has 4 N–H and O–H groups in total. The van der Waals surface area contributed by atoms with Gasteiger partial charge in [-0.2, -0.15) is 0 Å². The Balaban J connectivity index is 2.57. The second-order valence-electron chi connectivity index (χ2n) is 4.75. The van der Waals surface area contributed by atoms with E-state index in [2.05, 4.69) is 24.5 Å². The van der Waals surface area contributed by atoms with Crippen LogP contribution in [0.3, 0.4) is 0 Å². The van der Waals surface area contributed by atoms with Gasteiger partial charge in [0.05, 0.1) is 0 Å². The molecule has 1 aromatic rings. The Morgan fingerprint density at radius 2 is 2.05 bits per heavy atom. The van der Waals surface area contributed by atoms with Gasteiger partial charge in [0.2, 0.25) is 0 Å². The van der Waals surface area contributed by atoms with Crippen molar-refractivity contribution in [2.24, 2.45) is 5.92 Å². The standard InChI is InChI=1S/C12H19N2O4P/c1-9(2)6-10-4-3-5-11(7-10)14-12(15)13-8-19(16,17)18/h3-5,7,9H,6,8H2,1-2H3,(H2,13,14,15)(H2,16,17,18). The van der Waals surface area contributed by atoms with Crippen molar-refractivity contribution in [1.29, 1.82) is 0 Å². The zero-order valence-corrected chi connectivity index (χ0v) is 11.9. The fourth-order valence-electron chi connectivity index (χ4n) is 1.60. The highest BCUT2D eigenvalue weighted by Gasteiger charge is 2.14. The topological polar surface area (TPSA) is 98.7 Å². The van der Waals surface area contributed by atoms with Gasteiger partial charge in [-0.15, -0.1) is 0 Å². The molecule has 0 aliphatic rings. The molecule has 0 saturated heterocycles. The molecule has 0 aliphatic heterocycles. The summed E-state index contributed by atoms with van der Waals surface area (Å²) in [6.07, 6.45) is 0.226. The average Bonchev–Trinajstić information content (AvgIpc) is 2.25. The Bertz CT molecular complexity index is 484. The molecule has 0 atom stereocenters. The highest BCUT2D eigenvalue weighted by Crippen LogP contribution is 2.31. The molecule has 0 aliphatic carbocycles. The van der Waals surface area contributed by atoms with Gasteiger partial charge in [-0.05, 0) is 30.0 Å². The summed E-state index contributed by atoms with van der Waals surface area (Å²) in [4.78, 5) is 28.7. The van der Waals surface area contributed by atoms with Crippen LogP contribution < -0.4 is 10.6 Å². The number of urea groups is 1. The lowest BCUT2D eigenvalue weighted by Gasteiger charge is -2.10. The van der Waals surface area contributed by atoms with Gasteiger partial charge in [-0.3, -0.25) is 4.57 Å². The molecule has 0 bridgehead atoms. The van der Waals surface area contributed by atoms with E-state index >= 15 is 0 Å². The number of hydrogen-bond acceptors (Lipinski definition) is 2. The number of anilines is 1. The van der Waals surface area contributed by atoms with Crippen LogP contribution >= 0.6 is 7.60 Å². The predicted octanol–water partition coefficient (Wildman–Crippen LogP) is 2.14. The first-order valence-corrected chi connectivity index (χ1v) is 7.74. The molecule has 6 nitrogen and oxygen atoms in total. The third kappa shape index (κ3) is 6.96. The van der Waals surface area contributed by atoms with E-state index in [9.17, 15) is 9.36 Å². The molecule has 2 amide bonds. The Kier molecular flexibility index (Phi) is 5.54. The van der Waals surface area contributed by atoms with Gasteiger partial charge in [0.15, 0.2) is 0 Å². The zero-order chi connectivity index (χ0) is 14.5. The summed E-state index contributed by atoms with van der Waals surface area (Å²) in [7, 11) is -4.22. The average molecular weight is 286 g/mol. The molecule has 7 heteroatoms. The molecule has 1 aromatic carbocycles. The number of rotatable bonds is 5. The summed E-state index contributed by atoms with van der Waals surface area (Å²) in [5.41, 5.74) is 1.70. The summed E-state index contributed by atoms with van der Waals surface area (Å²) in [6.45, 7) is 4.21. The monoisotopic (exact) mass is 286 g/mol. The van der Waals surface area contributed by atoms with Crippen LogP contribution in [0.4, 0.5) is 10.5 Å². The number of carbonyl (C=O) groups is 1. The van der Waals surface area contributed by atoms with Crippen LogP contribution in [0, 0.1) is 5.92 Å². The summed E-state index contributed by atoms with van der Waals surface area (Å²) in [6, 6.07) is 6.73. The third-order valence-corrected chi connectivity index (χ3v) is 2.84. The molecule has 0 spiro atoms. The van der Waals surface area contributed by atoms with Crippen molar-refractivity contribution in [2.75, 3.05) is 11.6 Å². The minimum absolute atomic E-state index is 0.513. The fourth-order valence-corrected chi connectivity index (χ4v) is 1.95. The Morgan fingerprint density at radius 1 is 1.37 bits per heavy atom. The van der Waals surface area contributed by atoms with E-state index in [4.69, 9.17) is 9.79 Å². The fraction of sp³-hybridized carbons (Fsp3) is 0.417. The second-order valence-corrected chi connectivity index (χ2v) is 6.40. The summed E-state index contributed by atoms with van der Waals surface area (Å²) in [5, 5.41) is 4.65. The van der Waals surface area contributed by atoms with Crippen LogP contribution in [-0.2, 0) is 11.0 Å². The van der Waals surface area contributed by atoms with Crippen molar-refractivity contribution >= 4 is 19.3 Å². The number of benzene rings is 1. The highest BCUT2D eigenvalue weighted by molar-refractivity contribution is 7.51. The van der Waals surface area contributed by atoms with Crippen LogP contribution in [0.15, 0.2) is 24.3 Å². The maximum atomic E-state index is 11.4. The van der Waals surface area contributed by atoms with Crippen LogP contribution in [0.25, 0.3) is 0 Å². The summed E-state index contributed by atoms with van der Waals surface area (Å²) in [5.74, 6) is 0.513. The summed E-state index contributed by atoms with van der Waals surface area (Å²) < 4.78 is 10.6. The highest BCUT2D eigenvalue weighted by atomic mass is 31.2. The van der Waals surface area contributed by atoms with Crippen LogP contribution in [-0.4, -0.2) is 22.1 Å². The van der Waals surface area contributed by atoms with E-state index in [1.165, 1.54) is 0 Å². The molecule has 0 saturated carbocycles. The van der Waals surface area contributed by atoms with Gasteiger partial charge in [0.25, 0.3) is 0 Å². The Hall–Kier alpha value is -1.36. The second kappa shape index (κ2) is 6.70. The molecule has 0 heterocycles. The molecular formula is C12H19N2O4P. The normalized spacial score (nSPS) is 11.4. The third-order valence-electron chi connectivity index (χ3n) is 2.27. The molecule has 0 fully saturated rings. The lowest BCUT2D eigenvalue weighted by molar-refractivity contribution is 0.252. The van der Waals surface area contributed by atoms with E-state index in [1.54, 1.807) is 6.07 Å².